The second-order valence-corrected chi connectivity index (χ2v) is 7.32. The van der Waals surface area contributed by atoms with Gasteiger partial charge >= 0.3 is 5.97 Å². The minimum atomic E-state index is -0.444. The van der Waals surface area contributed by atoms with Crippen LogP contribution in [0.3, 0.4) is 0 Å². The molecular formula is C23H23N3O3. The summed E-state index contributed by atoms with van der Waals surface area (Å²) < 4.78 is 6.56. The smallest absolute Gasteiger partial charge is 0.358 e. The van der Waals surface area contributed by atoms with Crippen LogP contribution in [0.15, 0.2) is 60.8 Å². The number of anilines is 1. The van der Waals surface area contributed by atoms with Crippen LogP contribution in [-0.4, -0.2) is 28.3 Å². The summed E-state index contributed by atoms with van der Waals surface area (Å²) in [5, 5.41) is 7.28. The Bertz CT molecular complexity index is 1050. The molecule has 0 aliphatic heterocycles. The van der Waals surface area contributed by atoms with Crippen molar-refractivity contribution in [1.29, 1.82) is 0 Å². The van der Waals surface area contributed by atoms with E-state index in [0.717, 1.165) is 35.3 Å². The first-order valence-electron chi connectivity index (χ1n) is 9.74. The number of benzene rings is 2. The summed E-state index contributed by atoms with van der Waals surface area (Å²) in [7, 11) is 0. The molecule has 0 atom stereocenters. The molecule has 1 aromatic heterocycles. The zero-order valence-corrected chi connectivity index (χ0v) is 16.5. The highest BCUT2D eigenvalue weighted by Gasteiger charge is 2.51. The standard InChI is InChI=1S/C23H23N3O3/c1-3-29-21(27)20-11-14-26(25-20)19-9-7-18(8-10-19)24-22(28)23(12-13-23)17-6-4-5-16(2)15-17/h4-11,14-15H,3,12-13H2,1-2H3,(H,24,28). The van der Waals surface area contributed by atoms with Crippen LogP contribution in [0.5, 0.6) is 0 Å². The van der Waals surface area contributed by atoms with Crippen LogP contribution in [0, 0.1) is 6.92 Å². The maximum absolute atomic E-state index is 12.9. The summed E-state index contributed by atoms with van der Waals surface area (Å²) in [6.45, 7) is 4.11. The lowest BCUT2D eigenvalue weighted by Crippen LogP contribution is -2.27. The summed E-state index contributed by atoms with van der Waals surface area (Å²) >= 11 is 0. The SMILES string of the molecule is CCOC(=O)c1ccn(-c2ccc(NC(=O)C3(c4cccc(C)c4)CC3)cc2)n1. The monoisotopic (exact) mass is 389 g/mol. The molecule has 1 fully saturated rings. The van der Waals surface area contributed by atoms with Gasteiger partial charge in [0, 0.05) is 11.9 Å². The number of esters is 1. The van der Waals surface area contributed by atoms with E-state index in [1.807, 2.05) is 49.4 Å². The lowest BCUT2D eigenvalue weighted by atomic mass is 9.93. The van der Waals surface area contributed by atoms with Crippen LogP contribution in [0.25, 0.3) is 5.69 Å². The van der Waals surface area contributed by atoms with E-state index in [2.05, 4.69) is 16.5 Å². The van der Waals surface area contributed by atoms with Crippen molar-refractivity contribution in [1.82, 2.24) is 9.78 Å². The fourth-order valence-corrected chi connectivity index (χ4v) is 3.44. The van der Waals surface area contributed by atoms with E-state index in [4.69, 9.17) is 4.74 Å². The number of nitrogens with zero attached hydrogens (tertiary/aromatic N) is 2. The first kappa shape index (κ1) is 18.9. The molecule has 1 aliphatic rings. The van der Waals surface area contributed by atoms with Gasteiger partial charge in [-0.3, -0.25) is 4.79 Å². The van der Waals surface area contributed by atoms with Gasteiger partial charge in [0.15, 0.2) is 5.69 Å². The van der Waals surface area contributed by atoms with Gasteiger partial charge in [0.1, 0.15) is 0 Å². The average molecular weight is 389 g/mol. The van der Waals surface area contributed by atoms with E-state index in [1.54, 1.807) is 23.9 Å². The van der Waals surface area contributed by atoms with Crippen molar-refractivity contribution in [2.75, 3.05) is 11.9 Å². The molecule has 0 spiro atoms. The Morgan fingerprint density at radius 1 is 1.14 bits per heavy atom. The third-order valence-electron chi connectivity index (χ3n) is 5.22. The molecule has 1 N–H and O–H groups in total. The molecule has 0 radical (unpaired) electrons. The predicted octanol–water partition coefficient (Wildman–Crippen LogP) is 4.03. The number of aromatic nitrogens is 2. The van der Waals surface area contributed by atoms with Gasteiger partial charge in [-0.05, 0) is 62.6 Å². The fraction of sp³-hybridized carbons (Fsp3) is 0.261. The normalized spacial score (nSPS) is 14.3. The van der Waals surface area contributed by atoms with Gasteiger partial charge in [-0.2, -0.15) is 5.10 Å². The third-order valence-corrected chi connectivity index (χ3v) is 5.22. The summed E-state index contributed by atoms with van der Waals surface area (Å²) in [5.74, 6) is -0.416. The molecule has 6 heteroatoms. The molecule has 0 unspecified atom stereocenters. The highest BCUT2D eigenvalue weighted by atomic mass is 16.5. The highest BCUT2D eigenvalue weighted by molar-refractivity contribution is 6.01. The summed E-state index contributed by atoms with van der Waals surface area (Å²) in [6, 6.07) is 17.2. The quantitative estimate of drug-likeness (QED) is 0.646. The van der Waals surface area contributed by atoms with Crippen LogP contribution in [0.2, 0.25) is 0 Å². The van der Waals surface area contributed by atoms with Crippen molar-refractivity contribution in [3.05, 3.63) is 77.6 Å². The van der Waals surface area contributed by atoms with Crippen LogP contribution in [-0.2, 0) is 14.9 Å². The first-order valence-corrected chi connectivity index (χ1v) is 9.74. The van der Waals surface area contributed by atoms with Crippen molar-refractivity contribution in [2.45, 2.75) is 32.1 Å². The number of nitrogens with one attached hydrogen (secondary N) is 1. The van der Waals surface area contributed by atoms with Crippen LogP contribution in [0.1, 0.15) is 41.4 Å². The molecule has 6 nitrogen and oxygen atoms in total. The van der Waals surface area contributed by atoms with Gasteiger partial charge < -0.3 is 10.1 Å². The van der Waals surface area contributed by atoms with Gasteiger partial charge in [-0.1, -0.05) is 29.8 Å². The zero-order valence-electron chi connectivity index (χ0n) is 16.5. The van der Waals surface area contributed by atoms with Gasteiger partial charge in [0.05, 0.1) is 17.7 Å². The van der Waals surface area contributed by atoms with Gasteiger partial charge in [-0.15, -0.1) is 0 Å². The second kappa shape index (κ2) is 7.54. The van der Waals surface area contributed by atoms with Crippen molar-refractivity contribution in [3.63, 3.8) is 0 Å². The van der Waals surface area contributed by atoms with Crippen LogP contribution >= 0.6 is 0 Å². The summed E-state index contributed by atoms with van der Waals surface area (Å²) in [4.78, 5) is 24.7. The van der Waals surface area contributed by atoms with Crippen molar-refractivity contribution in [3.8, 4) is 5.69 Å². The lowest BCUT2D eigenvalue weighted by Gasteiger charge is -2.16. The molecule has 2 aromatic carbocycles. The molecule has 4 rings (SSSR count). The maximum atomic E-state index is 12.9. The Hall–Kier alpha value is -3.41. The molecule has 0 bridgehead atoms. The fourth-order valence-electron chi connectivity index (χ4n) is 3.44. The lowest BCUT2D eigenvalue weighted by molar-refractivity contribution is -0.118. The number of hydrogen-bond acceptors (Lipinski definition) is 4. The molecule has 3 aromatic rings. The van der Waals surface area contributed by atoms with Gasteiger partial charge in [0.2, 0.25) is 5.91 Å². The molecule has 1 saturated carbocycles. The average Bonchev–Trinajstić information content (AvgIpc) is 3.39. The Morgan fingerprint density at radius 2 is 1.90 bits per heavy atom. The summed E-state index contributed by atoms with van der Waals surface area (Å²) in [6.07, 6.45) is 3.44. The minimum absolute atomic E-state index is 0.0273. The minimum Gasteiger partial charge on any atom is -0.461 e. The summed E-state index contributed by atoms with van der Waals surface area (Å²) in [5.41, 5.74) is 3.61. The van der Waals surface area contributed by atoms with E-state index < -0.39 is 11.4 Å². The zero-order chi connectivity index (χ0) is 20.4. The Kier molecular flexibility index (Phi) is 4.92. The van der Waals surface area contributed by atoms with E-state index in [9.17, 15) is 9.59 Å². The Balaban J connectivity index is 1.46. The number of aryl methyl sites for hydroxylation is 1. The number of ether oxygens (including phenoxy) is 1. The first-order chi connectivity index (χ1) is 14.0. The number of hydrogen-bond donors (Lipinski definition) is 1. The molecule has 1 aliphatic carbocycles. The predicted molar refractivity (Wildman–Crippen MR) is 110 cm³/mol. The van der Waals surface area contributed by atoms with E-state index in [-0.39, 0.29) is 11.6 Å². The highest BCUT2D eigenvalue weighted by Crippen LogP contribution is 2.49. The maximum Gasteiger partial charge on any atom is 0.358 e. The molecule has 1 heterocycles. The molecular weight excluding hydrogens is 366 g/mol. The van der Waals surface area contributed by atoms with Crippen LogP contribution < -0.4 is 5.32 Å². The molecule has 148 valence electrons. The number of rotatable bonds is 6. The topological polar surface area (TPSA) is 73.2 Å². The number of carbonyl (C=O) groups excluding carboxylic acids is 2. The molecule has 29 heavy (non-hydrogen) atoms. The van der Waals surface area contributed by atoms with Crippen molar-refractivity contribution in [2.24, 2.45) is 0 Å². The van der Waals surface area contributed by atoms with E-state index in [0.29, 0.717) is 6.61 Å². The van der Waals surface area contributed by atoms with Crippen molar-refractivity contribution >= 4 is 17.6 Å². The van der Waals surface area contributed by atoms with E-state index >= 15 is 0 Å². The largest absolute Gasteiger partial charge is 0.461 e. The molecule has 1 amide bonds. The van der Waals surface area contributed by atoms with Crippen molar-refractivity contribution < 1.29 is 14.3 Å². The number of amides is 1. The Labute approximate surface area is 169 Å². The Morgan fingerprint density at radius 3 is 2.55 bits per heavy atom. The van der Waals surface area contributed by atoms with Gasteiger partial charge in [0.25, 0.3) is 0 Å². The van der Waals surface area contributed by atoms with Gasteiger partial charge in [-0.25, -0.2) is 9.48 Å². The number of carbonyl (C=O) groups is 2. The van der Waals surface area contributed by atoms with E-state index in [1.165, 1.54) is 0 Å². The molecule has 0 saturated heterocycles. The van der Waals surface area contributed by atoms with Crippen LogP contribution in [0.4, 0.5) is 5.69 Å². The third kappa shape index (κ3) is 3.78. The second-order valence-electron chi connectivity index (χ2n) is 7.32.